The molecule has 0 saturated carbocycles. The third kappa shape index (κ3) is 4.86. The number of fused-ring (bicyclic) bond motifs is 1. The van der Waals surface area contributed by atoms with Crippen molar-refractivity contribution in [2.24, 2.45) is 7.05 Å². The number of imidazole rings is 1. The summed E-state index contributed by atoms with van der Waals surface area (Å²) in [7, 11) is 1.86. The highest BCUT2D eigenvalue weighted by molar-refractivity contribution is 6.04. The van der Waals surface area contributed by atoms with Crippen molar-refractivity contribution >= 4 is 23.5 Å². The minimum Gasteiger partial charge on any atom is -0.483 e. The van der Waals surface area contributed by atoms with Gasteiger partial charge in [-0.05, 0) is 19.1 Å². The molecule has 10 nitrogen and oxygen atoms in total. The van der Waals surface area contributed by atoms with Gasteiger partial charge in [0, 0.05) is 31.4 Å². The molecule has 3 heterocycles. The van der Waals surface area contributed by atoms with Gasteiger partial charge in [0.1, 0.15) is 11.3 Å². The zero-order chi connectivity index (χ0) is 23.1. The van der Waals surface area contributed by atoms with Crippen molar-refractivity contribution in [2.45, 2.75) is 13.5 Å². The number of nitrogens with zero attached hydrogens (tertiary/aromatic N) is 5. The predicted molar refractivity (Wildman–Crippen MR) is 118 cm³/mol. The lowest BCUT2D eigenvalue weighted by Gasteiger charge is -2.09. The van der Waals surface area contributed by atoms with E-state index < -0.39 is 0 Å². The molecular weight excluding hydrogens is 412 g/mol. The van der Waals surface area contributed by atoms with Crippen molar-refractivity contribution in [1.82, 2.24) is 29.6 Å². The lowest BCUT2D eigenvalue weighted by molar-refractivity contribution is -0.122. The largest absolute Gasteiger partial charge is 0.483 e. The molecule has 0 spiro atoms. The van der Waals surface area contributed by atoms with Gasteiger partial charge in [0.05, 0.1) is 17.8 Å². The Morgan fingerprint density at radius 2 is 1.88 bits per heavy atom. The second-order valence-corrected chi connectivity index (χ2v) is 6.76. The molecule has 0 saturated heterocycles. The second-order valence-electron chi connectivity index (χ2n) is 6.76. The zero-order valence-corrected chi connectivity index (χ0v) is 17.6. The van der Waals surface area contributed by atoms with Crippen LogP contribution in [0.1, 0.15) is 16.2 Å². The van der Waals surface area contributed by atoms with E-state index in [1.54, 1.807) is 18.3 Å². The molecule has 164 valence electrons. The van der Waals surface area contributed by atoms with Crippen LogP contribution in [0.25, 0.3) is 22.4 Å². The first-order valence-electron chi connectivity index (χ1n) is 9.74. The molecule has 0 radical (unpaired) electrons. The summed E-state index contributed by atoms with van der Waals surface area (Å²) >= 11 is 0. The van der Waals surface area contributed by atoms with E-state index in [-0.39, 0.29) is 31.0 Å². The van der Waals surface area contributed by atoms with Gasteiger partial charge in [-0.1, -0.05) is 30.3 Å². The van der Waals surface area contributed by atoms with Gasteiger partial charge in [-0.25, -0.2) is 14.6 Å². The number of pyridine rings is 1. The minimum atomic E-state index is -0.261. The van der Waals surface area contributed by atoms with Crippen LogP contribution >= 0.6 is 0 Å². The first-order chi connectivity index (χ1) is 15.5. The standard InChI is InChI=1S/C21H20N6O2.CH2O2/c1-14-24-19-16(10-11-22-20(19)26(14)2)21(29)23-12-13-27-18(28)9-8-17(25-27)15-6-4-3-5-7-15;2-1-3/h3-11H,12-13H2,1-2H3,(H,23,29);1H,(H,2,3). The smallest absolute Gasteiger partial charge is 0.290 e. The molecule has 1 amide bonds. The number of hydrogen-bond acceptors (Lipinski definition) is 6. The molecule has 0 unspecified atom stereocenters. The van der Waals surface area contributed by atoms with Gasteiger partial charge in [0.15, 0.2) is 5.65 Å². The number of aryl methyl sites for hydroxylation is 2. The summed E-state index contributed by atoms with van der Waals surface area (Å²) in [5, 5.41) is 14.1. The first kappa shape index (κ1) is 22.3. The van der Waals surface area contributed by atoms with Gasteiger partial charge < -0.3 is 15.0 Å². The summed E-state index contributed by atoms with van der Waals surface area (Å²) < 4.78 is 3.19. The maximum atomic E-state index is 12.6. The lowest BCUT2D eigenvalue weighted by atomic mass is 10.1. The first-order valence-corrected chi connectivity index (χ1v) is 9.74. The van der Waals surface area contributed by atoms with Crippen molar-refractivity contribution in [2.75, 3.05) is 6.54 Å². The molecule has 0 bridgehead atoms. The second kappa shape index (κ2) is 10.1. The van der Waals surface area contributed by atoms with E-state index in [4.69, 9.17) is 9.90 Å². The van der Waals surface area contributed by atoms with E-state index in [0.29, 0.717) is 22.4 Å². The SMILES string of the molecule is Cc1nc2c(C(=O)NCCn3nc(-c4ccccc4)ccc3=O)ccnc2n1C.O=CO. The normalized spacial score (nSPS) is 10.3. The van der Waals surface area contributed by atoms with Crippen LogP contribution in [-0.4, -0.2) is 48.3 Å². The van der Waals surface area contributed by atoms with Crippen LogP contribution in [0, 0.1) is 6.92 Å². The Balaban J connectivity index is 0.000000913. The van der Waals surface area contributed by atoms with Crippen molar-refractivity contribution < 1.29 is 14.7 Å². The van der Waals surface area contributed by atoms with E-state index in [2.05, 4.69) is 20.4 Å². The monoisotopic (exact) mass is 434 g/mol. The van der Waals surface area contributed by atoms with Crippen LogP contribution in [0.3, 0.4) is 0 Å². The Bertz CT molecular complexity index is 1300. The Hall–Kier alpha value is -4.34. The fraction of sp³-hybridized carbons (Fsp3) is 0.182. The van der Waals surface area contributed by atoms with Crippen molar-refractivity contribution in [3.05, 3.63) is 76.5 Å². The van der Waals surface area contributed by atoms with Gasteiger partial charge in [-0.15, -0.1) is 0 Å². The van der Waals surface area contributed by atoms with Crippen LogP contribution in [0.15, 0.2) is 59.5 Å². The molecular formula is C22H22N6O4. The molecule has 0 aliphatic heterocycles. The Labute approximate surface area is 183 Å². The van der Waals surface area contributed by atoms with Crippen LogP contribution < -0.4 is 10.9 Å². The highest BCUT2D eigenvalue weighted by atomic mass is 16.3. The summed E-state index contributed by atoms with van der Waals surface area (Å²) in [6.07, 6.45) is 1.59. The van der Waals surface area contributed by atoms with Gasteiger partial charge in [0.25, 0.3) is 17.9 Å². The molecule has 0 aliphatic rings. The van der Waals surface area contributed by atoms with E-state index in [1.807, 2.05) is 48.9 Å². The van der Waals surface area contributed by atoms with Crippen molar-refractivity contribution in [3.8, 4) is 11.3 Å². The molecule has 4 rings (SSSR count). The number of carboxylic acid groups (broad SMARTS) is 1. The molecule has 0 atom stereocenters. The molecule has 0 aliphatic carbocycles. The van der Waals surface area contributed by atoms with E-state index in [1.165, 1.54) is 10.7 Å². The number of nitrogens with one attached hydrogen (secondary N) is 1. The number of carbonyl (C=O) groups excluding carboxylic acids is 1. The molecule has 1 aromatic carbocycles. The van der Waals surface area contributed by atoms with Crippen LogP contribution in [0.4, 0.5) is 0 Å². The summed E-state index contributed by atoms with van der Waals surface area (Å²) in [5.41, 5.74) is 3.09. The summed E-state index contributed by atoms with van der Waals surface area (Å²) in [5.74, 6) is 0.518. The average Bonchev–Trinajstić information content (AvgIpc) is 3.10. The Kier molecular flexibility index (Phi) is 7.06. The number of carbonyl (C=O) groups is 2. The zero-order valence-electron chi connectivity index (χ0n) is 17.6. The molecule has 32 heavy (non-hydrogen) atoms. The van der Waals surface area contributed by atoms with Crippen LogP contribution in [-0.2, 0) is 18.4 Å². The fourth-order valence-electron chi connectivity index (χ4n) is 3.11. The maximum Gasteiger partial charge on any atom is 0.290 e. The minimum absolute atomic E-state index is 0.217. The number of aromatic nitrogens is 5. The topological polar surface area (TPSA) is 132 Å². The average molecular weight is 434 g/mol. The lowest BCUT2D eigenvalue weighted by Crippen LogP contribution is -2.32. The highest BCUT2D eigenvalue weighted by Crippen LogP contribution is 2.16. The van der Waals surface area contributed by atoms with E-state index >= 15 is 0 Å². The van der Waals surface area contributed by atoms with Gasteiger partial charge in [-0.2, -0.15) is 5.10 Å². The number of amides is 1. The van der Waals surface area contributed by atoms with Crippen molar-refractivity contribution in [1.29, 1.82) is 0 Å². The Morgan fingerprint density at radius 1 is 1.16 bits per heavy atom. The summed E-state index contributed by atoms with van der Waals surface area (Å²) in [4.78, 5) is 41.9. The van der Waals surface area contributed by atoms with E-state index in [9.17, 15) is 9.59 Å². The third-order valence-electron chi connectivity index (χ3n) is 4.77. The molecule has 0 fully saturated rings. The molecule has 3 aromatic heterocycles. The fourth-order valence-corrected chi connectivity index (χ4v) is 3.11. The highest BCUT2D eigenvalue weighted by Gasteiger charge is 2.15. The molecule has 10 heteroatoms. The third-order valence-corrected chi connectivity index (χ3v) is 4.77. The Morgan fingerprint density at radius 3 is 2.59 bits per heavy atom. The van der Waals surface area contributed by atoms with Gasteiger partial charge in [0.2, 0.25) is 0 Å². The predicted octanol–water partition coefficient (Wildman–Crippen LogP) is 1.63. The van der Waals surface area contributed by atoms with E-state index in [0.717, 1.165) is 11.4 Å². The number of rotatable bonds is 5. The van der Waals surface area contributed by atoms with Gasteiger partial charge in [-0.3, -0.25) is 14.4 Å². The molecule has 2 N–H and O–H groups in total. The van der Waals surface area contributed by atoms with Crippen LogP contribution in [0.5, 0.6) is 0 Å². The quantitative estimate of drug-likeness (QED) is 0.456. The molecule has 4 aromatic rings. The van der Waals surface area contributed by atoms with Crippen LogP contribution in [0.2, 0.25) is 0 Å². The summed E-state index contributed by atoms with van der Waals surface area (Å²) in [6, 6.07) is 14.5. The number of benzene rings is 1. The summed E-state index contributed by atoms with van der Waals surface area (Å²) in [6.45, 7) is 2.14. The maximum absolute atomic E-state index is 12.6. The number of hydrogen-bond donors (Lipinski definition) is 2. The van der Waals surface area contributed by atoms with Gasteiger partial charge >= 0.3 is 0 Å². The van der Waals surface area contributed by atoms with Crippen molar-refractivity contribution in [3.63, 3.8) is 0 Å².